The predicted molar refractivity (Wildman–Crippen MR) is 67.9 cm³/mol. The van der Waals surface area contributed by atoms with E-state index >= 15 is 0 Å². The highest BCUT2D eigenvalue weighted by atomic mass is 16.5. The van der Waals surface area contributed by atoms with Crippen LogP contribution in [-0.2, 0) is 16.0 Å². The maximum absolute atomic E-state index is 12.2. The Balaban J connectivity index is 1.69. The number of fused-ring (bicyclic) bond motifs is 1. The number of nitrogens with one attached hydrogen (secondary N) is 1. The lowest BCUT2D eigenvalue weighted by molar-refractivity contribution is -0.126. The van der Waals surface area contributed by atoms with Crippen molar-refractivity contribution in [2.45, 2.75) is 24.9 Å². The van der Waals surface area contributed by atoms with Gasteiger partial charge in [0.15, 0.2) is 0 Å². The smallest absolute Gasteiger partial charge is 0.227 e. The summed E-state index contributed by atoms with van der Waals surface area (Å²) in [6, 6.07) is 8.27. The van der Waals surface area contributed by atoms with E-state index in [1.807, 2.05) is 12.1 Å². The molecule has 4 nitrogen and oxygen atoms in total. The van der Waals surface area contributed by atoms with Gasteiger partial charge in [-0.1, -0.05) is 24.3 Å². The van der Waals surface area contributed by atoms with E-state index in [9.17, 15) is 4.79 Å². The molecule has 1 aliphatic heterocycles. The zero-order valence-electron chi connectivity index (χ0n) is 10.3. The average Bonchev–Trinajstić information content (AvgIpc) is 2.97. The number of hydrogen-bond donors (Lipinski definition) is 2. The van der Waals surface area contributed by atoms with Gasteiger partial charge in [-0.15, -0.1) is 0 Å². The average molecular weight is 246 g/mol. The Labute approximate surface area is 107 Å². The fraction of sp³-hybridized carbons (Fsp3) is 0.500. The van der Waals surface area contributed by atoms with Crippen molar-refractivity contribution < 1.29 is 9.53 Å². The molecular formula is C14H18N2O2. The summed E-state index contributed by atoms with van der Waals surface area (Å²) >= 11 is 0. The van der Waals surface area contributed by atoms with Crippen LogP contribution in [0.15, 0.2) is 24.3 Å². The van der Waals surface area contributed by atoms with Crippen molar-refractivity contribution in [3.8, 4) is 0 Å². The van der Waals surface area contributed by atoms with E-state index in [0.717, 1.165) is 12.8 Å². The van der Waals surface area contributed by atoms with E-state index in [0.29, 0.717) is 13.2 Å². The second-order valence-electron chi connectivity index (χ2n) is 5.11. The van der Waals surface area contributed by atoms with Gasteiger partial charge in [-0.05, 0) is 24.0 Å². The minimum atomic E-state index is -0.197. The van der Waals surface area contributed by atoms with Crippen LogP contribution in [-0.4, -0.2) is 25.2 Å². The van der Waals surface area contributed by atoms with E-state index < -0.39 is 0 Å². The van der Waals surface area contributed by atoms with Crippen molar-refractivity contribution in [2.75, 3.05) is 13.2 Å². The van der Waals surface area contributed by atoms with E-state index in [-0.39, 0.29) is 23.9 Å². The molecule has 3 N–H and O–H groups in total. The molecule has 1 saturated heterocycles. The van der Waals surface area contributed by atoms with Crippen LogP contribution in [0.4, 0.5) is 0 Å². The molecule has 0 bridgehead atoms. The van der Waals surface area contributed by atoms with Crippen LogP contribution in [0.1, 0.15) is 23.6 Å². The Hall–Kier alpha value is -1.39. The predicted octanol–water partition coefficient (Wildman–Crippen LogP) is 0.764. The second-order valence-corrected chi connectivity index (χ2v) is 5.11. The number of hydrogen-bond acceptors (Lipinski definition) is 3. The van der Waals surface area contributed by atoms with Gasteiger partial charge in [-0.25, -0.2) is 0 Å². The zero-order valence-corrected chi connectivity index (χ0v) is 10.3. The van der Waals surface area contributed by atoms with Crippen molar-refractivity contribution in [1.29, 1.82) is 0 Å². The van der Waals surface area contributed by atoms with Crippen LogP contribution in [0, 0.1) is 5.92 Å². The summed E-state index contributed by atoms with van der Waals surface area (Å²) in [6.45, 7) is 0.931. The third kappa shape index (κ3) is 2.02. The quantitative estimate of drug-likeness (QED) is 0.810. The lowest BCUT2D eigenvalue weighted by Crippen LogP contribution is -2.41. The van der Waals surface area contributed by atoms with Gasteiger partial charge in [0.25, 0.3) is 0 Å². The molecule has 0 aromatic heterocycles. The Morgan fingerprint density at radius 2 is 2.17 bits per heavy atom. The minimum Gasteiger partial charge on any atom is -0.379 e. The number of amides is 1. The Morgan fingerprint density at radius 1 is 1.33 bits per heavy atom. The third-order valence-corrected chi connectivity index (χ3v) is 3.91. The molecule has 2 aliphatic rings. The first-order valence-corrected chi connectivity index (χ1v) is 6.47. The highest BCUT2D eigenvalue weighted by molar-refractivity contribution is 5.80. The van der Waals surface area contributed by atoms with E-state index in [4.69, 9.17) is 10.5 Å². The normalized spacial score (nSPS) is 30.2. The van der Waals surface area contributed by atoms with Crippen molar-refractivity contribution in [2.24, 2.45) is 11.7 Å². The third-order valence-electron chi connectivity index (χ3n) is 3.91. The summed E-state index contributed by atoms with van der Waals surface area (Å²) in [7, 11) is 0. The van der Waals surface area contributed by atoms with Crippen LogP contribution >= 0.6 is 0 Å². The highest BCUT2D eigenvalue weighted by Gasteiger charge is 2.33. The molecule has 1 fully saturated rings. The molecule has 1 aromatic carbocycles. The molecule has 3 unspecified atom stereocenters. The number of ether oxygens (including phenoxy) is 1. The number of aryl methyl sites for hydroxylation is 1. The van der Waals surface area contributed by atoms with Crippen LogP contribution in [0.3, 0.4) is 0 Å². The van der Waals surface area contributed by atoms with Gasteiger partial charge in [-0.2, -0.15) is 0 Å². The molecule has 1 heterocycles. The number of benzene rings is 1. The molecule has 1 aliphatic carbocycles. The summed E-state index contributed by atoms with van der Waals surface area (Å²) < 4.78 is 5.24. The largest absolute Gasteiger partial charge is 0.379 e. The van der Waals surface area contributed by atoms with Crippen LogP contribution in [0.25, 0.3) is 0 Å². The SMILES string of the molecule is NC1COCC1C(=O)NC1CCc2ccccc21. The fourth-order valence-corrected chi connectivity index (χ4v) is 2.83. The van der Waals surface area contributed by atoms with Gasteiger partial charge in [-0.3, -0.25) is 4.79 Å². The summed E-state index contributed by atoms with van der Waals surface area (Å²) in [5.41, 5.74) is 8.45. The topological polar surface area (TPSA) is 64.3 Å². The zero-order chi connectivity index (χ0) is 12.5. The Morgan fingerprint density at radius 3 is 2.94 bits per heavy atom. The molecule has 3 rings (SSSR count). The molecular weight excluding hydrogens is 228 g/mol. The lowest BCUT2D eigenvalue weighted by Gasteiger charge is -2.18. The number of carbonyl (C=O) groups excluding carboxylic acids is 1. The standard InChI is InChI=1S/C14H18N2O2/c15-12-8-18-7-11(12)14(17)16-13-6-5-9-3-1-2-4-10(9)13/h1-4,11-13H,5-8,15H2,(H,16,17). The fourth-order valence-electron chi connectivity index (χ4n) is 2.83. The maximum atomic E-state index is 12.2. The Bertz CT molecular complexity index is 461. The molecule has 0 spiro atoms. The monoisotopic (exact) mass is 246 g/mol. The van der Waals surface area contributed by atoms with E-state index in [1.165, 1.54) is 11.1 Å². The van der Waals surface area contributed by atoms with Gasteiger partial charge in [0.1, 0.15) is 0 Å². The summed E-state index contributed by atoms with van der Waals surface area (Å²) in [4.78, 5) is 12.2. The molecule has 0 radical (unpaired) electrons. The van der Waals surface area contributed by atoms with E-state index in [1.54, 1.807) is 0 Å². The van der Waals surface area contributed by atoms with Gasteiger partial charge < -0.3 is 15.8 Å². The first-order valence-electron chi connectivity index (χ1n) is 6.47. The van der Waals surface area contributed by atoms with Crippen molar-refractivity contribution in [3.63, 3.8) is 0 Å². The van der Waals surface area contributed by atoms with Crippen molar-refractivity contribution in [3.05, 3.63) is 35.4 Å². The maximum Gasteiger partial charge on any atom is 0.227 e. The van der Waals surface area contributed by atoms with Gasteiger partial charge in [0.2, 0.25) is 5.91 Å². The number of rotatable bonds is 2. The van der Waals surface area contributed by atoms with Crippen LogP contribution < -0.4 is 11.1 Å². The van der Waals surface area contributed by atoms with Crippen LogP contribution in [0.2, 0.25) is 0 Å². The molecule has 1 aromatic rings. The van der Waals surface area contributed by atoms with Crippen molar-refractivity contribution in [1.82, 2.24) is 5.32 Å². The minimum absolute atomic E-state index is 0.0294. The van der Waals surface area contributed by atoms with Crippen LogP contribution in [0.5, 0.6) is 0 Å². The van der Waals surface area contributed by atoms with Gasteiger partial charge in [0.05, 0.1) is 25.2 Å². The number of carbonyl (C=O) groups is 1. The molecule has 3 atom stereocenters. The summed E-state index contributed by atoms with van der Waals surface area (Å²) in [5.74, 6) is -0.167. The Kier molecular flexibility index (Phi) is 3.06. The molecule has 0 saturated carbocycles. The summed E-state index contributed by atoms with van der Waals surface area (Å²) in [5, 5.41) is 3.11. The molecule has 18 heavy (non-hydrogen) atoms. The van der Waals surface area contributed by atoms with Crippen molar-refractivity contribution >= 4 is 5.91 Å². The second kappa shape index (κ2) is 4.71. The lowest BCUT2D eigenvalue weighted by atomic mass is 10.0. The van der Waals surface area contributed by atoms with E-state index in [2.05, 4.69) is 17.4 Å². The molecule has 96 valence electrons. The molecule has 4 heteroatoms. The highest BCUT2D eigenvalue weighted by Crippen LogP contribution is 2.31. The first kappa shape index (κ1) is 11.7. The van der Waals surface area contributed by atoms with Gasteiger partial charge >= 0.3 is 0 Å². The molecule has 1 amide bonds. The summed E-state index contributed by atoms with van der Waals surface area (Å²) in [6.07, 6.45) is 2.02. The van der Waals surface area contributed by atoms with Gasteiger partial charge in [0, 0.05) is 6.04 Å². The number of nitrogens with two attached hydrogens (primary N) is 1. The first-order chi connectivity index (χ1) is 8.75.